The number of hydrogen-bond acceptors (Lipinski definition) is 3. The van der Waals surface area contributed by atoms with Gasteiger partial charge in [-0.15, -0.1) is 0 Å². The van der Waals surface area contributed by atoms with Crippen molar-refractivity contribution in [3.63, 3.8) is 0 Å². The van der Waals surface area contributed by atoms with Crippen LogP contribution in [0.5, 0.6) is 0 Å². The van der Waals surface area contributed by atoms with Crippen LogP contribution in [0.2, 0.25) is 0 Å². The molecule has 0 aromatic carbocycles. The molecule has 0 aliphatic carbocycles. The van der Waals surface area contributed by atoms with E-state index in [1.165, 1.54) is 0 Å². The van der Waals surface area contributed by atoms with E-state index >= 15 is 0 Å². The Labute approximate surface area is 106 Å². The summed E-state index contributed by atoms with van der Waals surface area (Å²) in [4.78, 5) is 0. The molecule has 3 nitrogen and oxygen atoms in total. The van der Waals surface area contributed by atoms with Crippen LogP contribution in [0.3, 0.4) is 0 Å². The van der Waals surface area contributed by atoms with Crippen LogP contribution in [-0.4, -0.2) is 33.5 Å². The number of methoxy groups -OCH3 is 1. The average Bonchev–Trinajstić information content (AvgIpc) is 2.37. The fourth-order valence-corrected chi connectivity index (χ4v) is 0.863. The zero-order valence-corrected chi connectivity index (χ0v) is 11.4. The Hall–Kier alpha value is -1.06. The van der Waals surface area contributed by atoms with Crippen LogP contribution in [0, 0.1) is 0 Å². The molecule has 0 bridgehead atoms. The highest BCUT2D eigenvalue weighted by molar-refractivity contribution is 5.12. The van der Waals surface area contributed by atoms with Gasteiger partial charge in [-0.3, -0.25) is 0 Å². The van der Waals surface area contributed by atoms with Crippen molar-refractivity contribution in [2.45, 2.75) is 20.3 Å². The second-order valence-corrected chi connectivity index (χ2v) is 2.87. The van der Waals surface area contributed by atoms with E-state index in [4.69, 9.17) is 14.2 Å². The summed E-state index contributed by atoms with van der Waals surface area (Å²) in [5.74, 6) is 0.621. The third kappa shape index (κ3) is 17.5. The lowest BCUT2D eigenvalue weighted by Crippen LogP contribution is -2.05. The lowest BCUT2D eigenvalue weighted by atomic mass is 10.4. The minimum Gasteiger partial charge on any atom is -0.492 e. The summed E-state index contributed by atoms with van der Waals surface area (Å²) >= 11 is 0. The molecule has 0 fully saturated rings. The van der Waals surface area contributed by atoms with Gasteiger partial charge >= 0.3 is 0 Å². The van der Waals surface area contributed by atoms with E-state index in [1.54, 1.807) is 25.3 Å². The van der Waals surface area contributed by atoms with E-state index in [9.17, 15) is 0 Å². The van der Waals surface area contributed by atoms with Crippen LogP contribution in [0.25, 0.3) is 0 Å². The van der Waals surface area contributed by atoms with Gasteiger partial charge in [0.05, 0.1) is 6.61 Å². The van der Waals surface area contributed by atoms with Crippen LogP contribution in [-0.2, 0) is 14.2 Å². The Morgan fingerprint density at radius 1 is 1.12 bits per heavy atom. The first-order chi connectivity index (χ1) is 8.31. The summed E-state index contributed by atoms with van der Waals surface area (Å²) in [7, 11) is 1.68. The van der Waals surface area contributed by atoms with E-state index in [0.29, 0.717) is 25.6 Å². The lowest BCUT2D eigenvalue weighted by molar-refractivity contribution is 0.0652. The van der Waals surface area contributed by atoms with Gasteiger partial charge in [-0.2, -0.15) is 0 Å². The van der Waals surface area contributed by atoms with Crippen LogP contribution in [0.1, 0.15) is 20.3 Å². The lowest BCUT2D eigenvalue weighted by Gasteiger charge is -2.06. The minimum atomic E-state index is 0.521. The molecule has 0 saturated carbocycles. The van der Waals surface area contributed by atoms with Crippen LogP contribution in [0.15, 0.2) is 37.1 Å². The van der Waals surface area contributed by atoms with E-state index < -0.39 is 0 Å². The van der Waals surface area contributed by atoms with Gasteiger partial charge in [0.1, 0.15) is 12.4 Å². The zero-order valence-electron chi connectivity index (χ0n) is 11.4. The normalized spacial score (nSPS) is 9.59. The van der Waals surface area contributed by atoms with Gasteiger partial charge in [0, 0.05) is 20.3 Å². The summed E-state index contributed by atoms with van der Waals surface area (Å²) in [6.07, 6.45) is 6.13. The summed E-state index contributed by atoms with van der Waals surface area (Å²) in [6.45, 7) is 13.8. The highest BCUT2D eigenvalue weighted by Gasteiger charge is 1.91. The van der Waals surface area contributed by atoms with Crippen molar-refractivity contribution in [3.8, 4) is 0 Å². The van der Waals surface area contributed by atoms with Crippen molar-refractivity contribution < 1.29 is 14.2 Å². The molecule has 3 heteroatoms. The Morgan fingerprint density at radius 3 is 2.41 bits per heavy atom. The molecule has 0 atom stereocenters. The summed E-state index contributed by atoms with van der Waals surface area (Å²) in [6, 6.07) is 0. The van der Waals surface area contributed by atoms with Gasteiger partial charge in [0.2, 0.25) is 0 Å². The van der Waals surface area contributed by atoms with E-state index in [1.807, 2.05) is 13.8 Å². The van der Waals surface area contributed by atoms with Gasteiger partial charge < -0.3 is 14.2 Å². The Balaban J connectivity index is 0. The molecule has 0 amide bonds. The molecule has 0 aliphatic heterocycles. The molecule has 0 aliphatic rings. The molecule has 0 heterocycles. The highest BCUT2D eigenvalue weighted by atomic mass is 16.5. The number of rotatable bonds is 10. The standard InChI is InChI=1S/C12H20O3.C2H6/c1-4-5-7-12(2)15-11-10-14-9-6-8-13-3;1-2/h4-5,7H,1-2,6,8-11H2,3H3;1-2H3/b7-5-;. The predicted octanol–water partition coefficient (Wildman–Crippen LogP) is 3.34. The molecule has 0 aromatic heterocycles. The van der Waals surface area contributed by atoms with E-state index in [-0.39, 0.29) is 0 Å². The Kier molecular flexibility index (Phi) is 18.7. The van der Waals surface area contributed by atoms with Gasteiger partial charge in [0.15, 0.2) is 0 Å². The summed E-state index contributed by atoms with van der Waals surface area (Å²) in [5.41, 5.74) is 0. The van der Waals surface area contributed by atoms with Gasteiger partial charge in [-0.1, -0.05) is 39.2 Å². The van der Waals surface area contributed by atoms with Crippen LogP contribution >= 0.6 is 0 Å². The molecule has 0 unspecified atom stereocenters. The van der Waals surface area contributed by atoms with Crippen molar-refractivity contribution in [2.75, 3.05) is 33.5 Å². The van der Waals surface area contributed by atoms with Crippen LogP contribution in [0.4, 0.5) is 0 Å². The minimum absolute atomic E-state index is 0.521. The average molecular weight is 242 g/mol. The maximum atomic E-state index is 5.30. The zero-order chi connectivity index (χ0) is 13.4. The molecule has 0 N–H and O–H groups in total. The fourth-order valence-electron chi connectivity index (χ4n) is 0.863. The molecule has 0 aromatic rings. The Bertz CT molecular complexity index is 198. The maximum Gasteiger partial charge on any atom is 0.112 e. The van der Waals surface area contributed by atoms with Crippen molar-refractivity contribution in [3.05, 3.63) is 37.1 Å². The first-order valence-corrected chi connectivity index (χ1v) is 5.98. The molecule has 17 heavy (non-hydrogen) atoms. The molecular formula is C14H26O3. The molecular weight excluding hydrogens is 216 g/mol. The third-order valence-electron chi connectivity index (χ3n) is 1.57. The predicted molar refractivity (Wildman–Crippen MR) is 73.1 cm³/mol. The molecule has 0 spiro atoms. The summed E-state index contributed by atoms with van der Waals surface area (Å²) < 4.78 is 15.5. The van der Waals surface area contributed by atoms with Gasteiger partial charge in [0.25, 0.3) is 0 Å². The van der Waals surface area contributed by atoms with Crippen molar-refractivity contribution in [1.82, 2.24) is 0 Å². The van der Waals surface area contributed by atoms with Gasteiger partial charge in [-0.25, -0.2) is 0 Å². The number of ether oxygens (including phenoxy) is 3. The second kappa shape index (κ2) is 17.3. The monoisotopic (exact) mass is 242 g/mol. The summed E-state index contributed by atoms with van der Waals surface area (Å²) in [5, 5.41) is 0. The fraction of sp³-hybridized carbons (Fsp3) is 0.571. The highest BCUT2D eigenvalue weighted by Crippen LogP contribution is 1.95. The number of hydrogen-bond donors (Lipinski definition) is 0. The largest absolute Gasteiger partial charge is 0.492 e. The van der Waals surface area contributed by atoms with E-state index in [0.717, 1.165) is 13.0 Å². The SMILES string of the molecule is C=C/C=C\C(=C)OCCOCCCOC.CC. The smallest absolute Gasteiger partial charge is 0.112 e. The second-order valence-electron chi connectivity index (χ2n) is 2.87. The maximum absolute atomic E-state index is 5.30. The van der Waals surface area contributed by atoms with Crippen molar-refractivity contribution in [1.29, 1.82) is 0 Å². The van der Waals surface area contributed by atoms with E-state index in [2.05, 4.69) is 13.2 Å². The quantitative estimate of drug-likeness (QED) is 0.334. The van der Waals surface area contributed by atoms with Crippen molar-refractivity contribution in [2.24, 2.45) is 0 Å². The van der Waals surface area contributed by atoms with Crippen LogP contribution < -0.4 is 0 Å². The number of allylic oxidation sites excluding steroid dienone is 3. The molecule has 0 saturated heterocycles. The molecule has 0 rings (SSSR count). The van der Waals surface area contributed by atoms with Crippen molar-refractivity contribution >= 4 is 0 Å². The Morgan fingerprint density at radius 2 is 1.82 bits per heavy atom. The molecule has 0 radical (unpaired) electrons. The first kappa shape index (κ1) is 18.3. The third-order valence-corrected chi connectivity index (χ3v) is 1.57. The first-order valence-electron chi connectivity index (χ1n) is 5.98. The topological polar surface area (TPSA) is 27.7 Å². The molecule has 100 valence electrons. The van der Waals surface area contributed by atoms with Gasteiger partial charge in [-0.05, 0) is 12.5 Å².